The summed E-state index contributed by atoms with van der Waals surface area (Å²) in [5.74, 6) is 0.751. The summed E-state index contributed by atoms with van der Waals surface area (Å²) in [5, 5.41) is 0.558. The van der Waals surface area contributed by atoms with Gasteiger partial charge in [-0.3, -0.25) is 9.36 Å². The Morgan fingerprint density at radius 1 is 1.29 bits per heavy atom. The molecule has 0 saturated heterocycles. The highest BCUT2D eigenvalue weighted by Gasteiger charge is 2.33. The van der Waals surface area contributed by atoms with Gasteiger partial charge in [-0.1, -0.05) is 51.0 Å². The Labute approximate surface area is 211 Å². The molecule has 1 atom stereocenters. The molecule has 0 spiro atoms. The number of thiazole rings is 1. The average Bonchev–Trinajstić information content (AvgIpc) is 3.37. The van der Waals surface area contributed by atoms with E-state index in [1.165, 1.54) is 11.3 Å². The molecule has 5 rings (SSSR count). The smallest absolute Gasteiger partial charge is 0.338 e. The van der Waals surface area contributed by atoms with E-state index < -0.39 is 12.0 Å². The molecule has 34 heavy (non-hydrogen) atoms. The molecule has 3 aromatic rings. The van der Waals surface area contributed by atoms with E-state index in [4.69, 9.17) is 25.8 Å². The zero-order chi connectivity index (χ0) is 24.0. The molecule has 0 radical (unpaired) electrons. The zero-order valence-corrected chi connectivity index (χ0v) is 21.3. The van der Waals surface area contributed by atoms with Gasteiger partial charge in [0.1, 0.15) is 0 Å². The van der Waals surface area contributed by atoms with Crippen LogP contribution in [0.25, 0.3) is 6.08 Å². The standard InChI is InChI=1S/C24H18BrClN2O5S/c1-3-31-23(30)20-12(2)27-24-28(21(20)13-4-6-15(26)7-5-13)22(29)19(34-24)9-14-8-17-18(10-16(14)25)33-11-32-17/h4-10,21H,3,11H2,1-2H3/b19-9-. The average molecular weight is 562 g/mol. The quantitative estimate of drug-likeness (QED) is 0.451. The normalized spacial score (nSPS) is 16.9. The van der Waals surface area contributed by atoms with Gasteiger partial charge in [0.05, 0.1) is 28.5 Å². The summed E-state index contributed by atoms with van der Waals surface area (Å²) in [7, 11) is 0. The van der Waals surface area contributed by atoms with Gasteiger partial charge in [0.2, 0.25) is 6.79 Å². The van der Waals surface area contributed by atoms with Crippen molar-refractivity contribution in [1.82, 2.24) is 4.57 Å². The van der Waals surface area contributed by atoms with Gasteiger partial charge in [0.15, 0.2) is 16.3 Å². The highest BCUT2D eigenvalue weighted by atomic mass is 79.9. The number of rotatable bonds is 4. The van der Waals surface area contributed by atoms with Gasteiger partial charge < -0.3 is 14.2 Å². The summed E-state index contributed by atoms with van der Waals surface area (Å²) in [4.78, 5) is 31.7. The molecule has 174 valence electrons. The molecule has 10 heteroatoms. The van der Waals surface area contributed by atoms with Crippen LogP contribution in [-0.2, 0) is 9.53 Å². The summed E-state index contributed by atoms with van der Waals surface area (Å²) in [6, 6.07) is 10.0. The van der Waals surface area contributed by atoms with E-state index in [1.807, 2.05) is 12.1 Å². The number of halogens is 2. The highest BCUT2D eigenvalue weighted by molar-refractivity contribution is 9.10. The van der Waals surface area contributed by atoms with Gasteiger partial charge >= 0.3 is 5.97 Å². The Kier molecular flexibility index (Phi) is 6.09. The van der Waals surface area contributed by atoms with Crippen LogP contribution in [0.15, 0.2) is 61.9 Å². The second-order valence-electron chi connectivity index (χ2n) is 7.58. The number of fused-ring (bicyclic) bond motifs is 2. The molecule has 1 unspecified atom stereocenters. The molecule has 0 bridgehead atoms. The van der Waals surface area contributed by atoms with E-state index in [0.717, 1.165) is 15.6 Å². The third-order valence-electron chi connectivity index (χ3n) is 5.48. The minimum atomic E-state index is -0.685. The first-order valence-corrected chi connectivity index (χ1v) is 12.4. The van der Waals surface area contributed by atoms with Crippen molar-refractivity contribution in [1.29, 1.82) is 0 Å². The Balaban J connectivity index is 1.71. The van der Waals surface area contributed by atoms with Crippen molar-refractivity contribution in [3.05, 3.63) is 88.0 Å². The maximum Gasteiger partial charge on any atom is 0.338 e. The van der Waals surface area contributed by atoms with Crippen molar-refractivity contribution in [2.45, 2.75) is 19.9 Å². The van der Waals surface area contributed by atoms with Crippen LogP contribution in [0.3, 0.4) is 0 Å². The fourth-order valence-corrected chi connectivity index (χ4v) is 5.54. The molecule has 2 aliphatic heterocycles. The van der Waals surface area contributed by atoms with E-state index in [2.05, 4.69) is 20.9 Å². The molecule has 1 aromatic heterocycles. The third-order valence-corrected chi connectivity index (χ3v) is 7.40. The van der Waals surface area contributed by atoms with Crippen molar-refractivity contribution >= 4 is 50.9 Å². The lowest BCUT2D eigenvalue weighted by molar-refractivity contribution is -0.139. The van der Waals surface area contributed by atoms with Gasteiger partial charge in [-0.05, 0) is 55.3 Å². The van der Waals surface area contributed by atoms with Crippen molar-refractivity contribution < 1.29 is 19.0 Å². The monoisotopic (exact) mass is 560 g/mol. The zero-order valence-electron chi connectivity index (χ0n) is 18.1. The van der Waals surface area contributed by atoms with Crippen molar-refractivity contribution in [3.8, 4) is 11.5 Å². The fraction of sp³-hybridized carbons (Fsp3) is 0.208. The molecule has 0 fully saturated rings. The van der Waals surface area contributed by atoms with Gasteiger partial charge in [0.25, 0.3) is 5.56 Å². The van der Waals surface area contributed by atoms with E-state index >= 15 is 0 Å². The Bertz CT molecular complexity index is 1520. The van der Waals surface area contributed by atoms with Gasteiger partial charge in [-0.25, -0.2) is 9.79 Å². The Hall–Kier alpha value is -2.88. The maximum absolute atomic E-state index is 13.7. The SMILES string of the molecule is CCOC(=O)C1=C(C)N=c2s/c(=C\c3cc4c(cc3Br)OCO4)c(=O)n2C1c1ccc(Cl)cc1. The number of aromatic nitrogens is 1. The predicted octanol–water partition coefficient (Wildman–Crippen LogP) is 3.94. The van der Waals surface area contributed by atoms with Crippen LogP contribution in [0.1, 0.15) is 31.0 Å². The molecule has 0 N–H and O–H groups in total. The van der Waals surface area contributed by atoms with E-state index in [9.17, 15) is 9.59 Å². The van der Waals surface area contributed by atoms with Crippen LogP contribution in [0.2, 0.25) is 5.02 Å². The minimum absolute atomic E-state index is 0.157. The first-order valence-electron chi connectivity index (χ1n) is 10.4. The summed E-state index contributed by atoms with van der Waals surface area (Å²) in [6.45, 7) is 3.86. The van der Waals surface area contributed by atoms with Crippen LogP contribution < -0.4 is 24.4 Å². The van der Waals surface area contributed by atoms with Crippen LogP contribution in [-0.4, -0.2) is 23.9 Å². The van der Waals surface area contributed by atoms with Crippen molar-refractivity contribution in [2.75, 3.05) is 13.4 Å². The van der Waals surface area contributed by atoms with Crippen molar-refractivity contribution in [3.63, 3.8) is 0 Å². The minimum Gasteiger partial charge on any atom is -0.463 e. The number of ether oxygens (including phenoxy) is 3. The lowest BCUT2D eigenvalue weighted by Crippen LogP contribution is -2.39. The van der Waals surface area contributed by atoms with Gasteiger partial charge in [-0.15, -0.1) is 0 Å². The fourth-order valence-electron chi connectivity index (χ4n) is 3.94. The summed E-state index contributed by atoms with van der Waals surface area (Å²) >= 11 is 10.9. The van der Waals surface area contributed by atoms with Gasteiger partial charge in [0, 0.05) is 9.50 Å². The number of esters is 1. The summed E-state index contributed by atoms with van der Waals surface area (Å²) in [6.07, 6.45) is 1.78. The molecule has 7 nitrogen and oxygen atoms in total. The number of benzene rings is 2. The first-order chi connectivity index (χ1) is 16.4. The number of nitrogens with zero attached hydrogens (tertiary/aromatic N) is 2. The molecule has 2 aromatic carbocycles. The van der Waals surface area contributed by atoms with E-state index in [1.54, 1.807) is 48.8 Å². The highest BCUT2D eigenvalue weighted by Crippen LogP contribution is 2.37. The molecular weight excluding hydrogens is 544 g/mol. The molecule has 0 amide bonds. The molecule has 2 aliphatic rings. The molecule has 0 aliphatic carbocycles. The lowest BCUT2D eigenvalue weighted by atomic mass is 9.96. The lowest BCUT2D eigenvalue weighted by Gasteiger charge is -2.24. The van der Waals surface area contributed by atoms with Crippen LogP contribution >= 0.6 is 38.9 Å². The van der Waals surface area contributed by atoms with E-state index in [-0.39, 0.29) is 19.0 Å². The molecular formula is C24H18BrClN2O5S. The van der Waals surface area contributed by atoms with Crippen LogP contribution in [0.5, 0.6) is 11.5 Å². The first kappa shape index (κ1) is 22.9. The van der Waals surface area contributed by atoms with Gasteiger partial charge in [-0.2, -0.15) is 0 Å². The number of carbonyl (C=O) groups is 1. The predicted molar refractivity (Wildman–Crippen MR) is 132 cm³/mol. The van der Waals surface area contributed by atoms with Crippen LogP contribution in [0, 0.1) is 0 Å². The summed E-state index contributed by atoms with van der Waals surface area (Å²) in [5.41, 5.74) is 2.07. The van der Waals surface area contributed by atoms with E-state index in [0.29, 0.717) is 37.1 Å². The second-order valence-corrected chi connectivity index (χ2v) is 9.88. The summed E-state index contributed by atoms with van der Waals surface area (Å²) < 4.78 is 19.0. The second kappa shape index (κ2) is 9.05. The number of hydrogen-bond acceptors (Lipinski definition) is 7. The maximum atomic E-state index is 13.7. The largest absolute Gasteiger partial charge is 0.463 e. The topological polar surface area (TPSA) is 79.1 Å². The molecule has 3 heterocycles. The Morgan fingerprint density at radius 2 is 2.00 bits per heavy atom. The molecule has 0 saturated carbocycles. The number of allylic oxidation sites excluding steroid dienone is 1. The van der Waals surface area contributed by atoms with Crippen molar-refractivity contribution in [2.24, 2.45) is 4.99 Å². The number of carbonyl (C=O) groups excluding carboxylic acids is 1. The number of hydrogen-bond donors (Lipinski definition) is 0. The Morgan fingerprint density at radius 3 is 2.71 bits per heavy atom. The third kappa shape index (κ3) is 3.97. The van der Waals surface area contributed by atoms with Crippen LogP contribution in [0.4, 0.5) is 0 Å².